The first-order valence-corrected chi connectivity index (χ1v) is 11.4. The number of H-pyrrole nitrogens is 1. The second-order valence-electron chi connectivity index (χ2n) is 7.88. The highest BCUT2D eigenvalue weighted by molar-refractivity contribution is 6.33. The highest BCUT2D eigenvalue weighted by atomic mass is 35.5. The van der Waals surface area contributed by atoms with E-state index in [-0.39, 0.29) is 12.4 Å². The zero-order valence-electron chi connectivity index (χ0n) is 19.0. The first-order valence-electron chi connectivity index (χ1n) is 11.0. The summed E-state index contributed by atoms with van der Waals surface area (Å²) in [4.78, 5) is 20.7. The van der Waals surface area contributed by atoms with E-state index in [2.05, 4.69) is 19.6 Å². The average molecular weight is 499 g/mol. The number of morpholine rings is 1. The van der Waals surface area contributed by atoms with E-state index in [0.29, 0.717) is 47.7 Å². The molecule has 1 aliphatic heterocycles. The van der Waals surface area contributed by atoms with Crippen LogP contribution in [-0.4, -0.2) is 53.4 Å². The highest BCUT2D eigenvalue weighted by Gasteiger charge is 2.20. The van der Waals surface area contributed by atoms with Gasteiger partial charge in [0.25, 0.3) is 0 Å². The Labute approximate surface area is 205 Å². The van der Waals surface area contributed by atoms with Crippen LogP contribution in [0.3, 0.4) is 0 Å². The lowest BCUT2D eigenvalue weighted by atomic mass is 10.2. The van der Waals surface area contributed by atoms with Crippen molar-refractivity contribution in [2.45, 2.75) is 13.2 Å². The molecule has 3 heterocycles. The van der Waals surface area contributed by atoms with Crippen molar-refractivity contribution in [3.05, 3.63) is 69.5 Å². The predicted molar refractivity (Wildman–Crippen MR) is 126 cm³/mol. The summed E-state index contributed by atoms with van der Waals surface area (Å²) in [5.41, 5.74) is 2.18. The van der Waals surface area contributed by atoms with Gasteiger partial charge in [0.1, 0.15) is 23.8 Å². The van der Waals surface area contributed by atoms with E-state index in [1.807, 2.05) is 24.3 Å². The molecule has 5 rings (SSSR count). The molecule has 2 aromatic heterocycles. The summed E-state index contributed by atoms with van der Waals surface area (Å²) >= 11 is 6.38. The van der Waals surface area contributed by atoms with Gasteiger partial charge in [0.15, 0.2) is 11.6 Å². The molecule has 0 aliphatic carbocycles. The van der Waals surface area contributed by atoms with Crippen LogP contribution in [0, 0.1) is 0 Å². The predicted octanol–water partition coefficient (Wildman–Crippen LogP) is 3.76. The van der Waals surface area contributed by atoms with Crippen LogP contribution in [0.4, 0.5) is 0 Å². The minimum absolute atomic E-state index is 0.166. The quantitative estimate of drug-likeness (QED) is 0.387. The van der Waals surface area contributed by atoms with E-state index in [1.165, 1.54) is 0 Å². The summed E-state index contributed by atoms with van der Waals surface area (Å²) in [6.45, 7) is 3.83. The third-order valence-corrected chi connectivity index (χ3v) is 5.91. The van der Waals surface area contributed by atoms with Gasteiger partial charge in [-0.2, -0.15) is 0 Å². The number of hydrogen-bond acceptors (Lipinski definition) is 9. The summed E-state index contributed by atoms with van der Waals surface area (Å²) in [5.74, 6) is 2.03. The molecule has 0 amide bonds. The largest absolute Gasteiger partial charge is 0.497 e. The van der Waals surface area contributed by atoms with Gasteiger partial charge in [-0.3, -0.25) is 14.4 Å². The van der Waals surface area contributed by atoms with Crippen molar-refractivity contribution in [1.82, 2.24) is 20.0 Å². The lowest BCUT2D eigenvalue weighted by Crippen LogP contribution is -2.36. The van der Waals surface area contributed by atoms with Crippen molar-refractivity contribution < 1.29 is 23.2 Å². The van der Waals surface area contributed by atoms with Crippen LogP contribution in [-0.2, 0) is 17.9 Å². The third kappa shape index (κ3) is 5.40. The molecule has 1 N–H and O–H groups in total. The number of methoxy groups -OCH3 is 1. The third-order valence-electron chi connectivity index (χ3n) is 5.60. The molecule has 2 aromatic carbocycles. The lowest BCUT2D eigenvalue weighted by molar-refractivity contribution is 0.0333. The Kier molecular flexibility index (Phi) is 6.84. The molecule has 182 valence electrons. The maximum absolute atomic E-state index is 11.2. The number of nitrogens with one attached hydrogen (secondary N) is 1. The minimum Gasteiger partial charge on any atom is -0.497 e. The van der Waals surface area contributed by atoms with Crippen molar-refractivity contribution in [2.75, 3.05) is 33.4 Å². The summed E-state index contributed by atoms with van der Waals surface area (Å²) < 4.78 is 27.4. The Morgan fingerprint density at radius 1 is 1.11 bits per heavy atom. The summed E-state index contributed by atoms with van der Waals surface area (Å²) in [5, 5.41) is 4.02. The SMILES string of the molecule is COc1ccc(-c2nc(CN3CCOCC3)c(COc3ccc(-c4noc(=O)[nH]4)c(Cl)c3)o2)cc1. The number of rotatable bonds is 8. The first-order chi connectivity index (χ1) is 17.1. The van der Waals surface area contributed by atoms with E-state index in [4.69, 9.17) is 35.2 Å². The Bertz CT molecular complexity index is 1340. The maximum Gasteiger partial charge on any atom is 0.439 e. The van der Waals surface area contributed by atoms with Crippen molar-refractivity contribution >= 4 is 11.6 Å². The first kappa shape index (κ1) is 23.2. The number of halogens is 1. The Morgan fingerprint density at radius 3 is 2.57 bits per heavy atom. The van der Waals surface area contributed by atoms with Crippen LogP contribution in [0.2, 0.25) is 5.02 Å². The van der Waals surface area contributed by atoms with Crippen molar-refractivity contribution in [2.24, 2.45) is 0 Å². The van der Waals surface area contributed by atoms with Gasteiger partial charge in [0.05, 0.1) is 25.3 Å². The number of aromatic amines is 1. The van der Waals surface area contributed by atoms with Crippen molar-refractivity contribution in [3.8, 4) is 34.3 Å². The summed E-state index contributed by atoms with van der Waals surface area (Å²) in [6, 6.07) is 12.6. The zero-order valence-corrected chi connectivity index (χ0v) is 19.7. The molecule has 1 fully saturated rings. The number of ether oxygens (including phenoxy) is 3. The van der Waals surface area contributed by atoms with Crippen LogP contribution in [0.5, 0.6) is 11.5 Å². The molecule has 1 saturated heterocycles. The molecule has 4 aromatic rings. The van der Waals surface area contributed by atoms with Gasteiger partial charge in [0.2, 0.25) is 5.89 Å². The smallest absolute Gasteiger partial charge is 0.439 e. The molecule has 11 heteroatoms. The van der Waals surface area contributed by atoms with Gasteiger partial charge in [-0.1, -0.05) is 16.8 Å². The van der Waals surface area contributed by atoms with E-state index in [9.17, 15) is 4.79 Å². The van der Waals surface area contributed by atoms with Gasteiger partial charge in [-0.25, -0.2) is 9.78 Å². The van der Waals surface area contributed by atoms with Gasteiger partial charge < -0.3 is 18.6 Å². The molecular formula is C24H23ClN4O6. The van der Waals surface area contributed by atoms with Gasteiger partial charge in [-0.05, 0) is 42.5 Å². The number of hydrogen-bond donors (Lipinski definition) is 1. The van der Waals surface area contributed by atoms with Crippen molar-refractivity contribution in [3.63, 3.8) is 0 Å². The second-order valence-corrected chi connectivity index (χ2v) is 8.29. The van der Waals surface area contributed by atoms with Crippen LogP contribution in [0.15, 0.2) is 56.2 Å². The maximum atomic E-state index is 11.2. The summed E-state index contributed by atoms with van der Waals surface area (Å²) in [6.07, 6.45) is 0. The molecular weight excluding hydrogens is 476 g/mol. The number of oxazole rings is 1. The fourth-order valence-corrected chi connectivity index (χ4v) is 3.98. The number of nitrogens with zero attached hydrogens (tertiary/aromatic N) is 3. The van der Waals surface area contributed by atoms with Crippen LogP contribution in [0.1, 0.15) is 11.5 Å². The van der Waals surface area contributed by atoms with Crippen LogP contribution in [0.25, 0.3) is 22.8 Å². The molecule has 10 nitrogen and oxygen atoms in total. The molecule has 35 heavy (non-hydrogen) atoms. The van der Waals surface area contributed by atoms with E-state index < -0.39 is 5.76 Å². The molecule has 0 bridgehead atoms. The van der Waals surface area contributed by atoms with Gasteiger partial charge >= 0.3 is 5.76 Å². The Balaban J connectivity index is 1.36. The fraction of sp³-hybridized carbons (Fsp3) is 0.292. The number of benzene rings is 2. The zero-order chi connectivity index (χ0) is 24.2. The standard InChI is InChI=1S/C24H23ClN4O6/c1-31-16-4-2-15(3-5-16)23-26-20(13-29-8-10-32-11-9-29)21(34-23)14-33-17-6-7-18(19(25)12-17)22-27-24(30)35-28-22/h2-7,12H,8-11,13-14H2,1H3,(H,27,28,30). The normalized spacial score (nSPS) is 14.2. The minimum atomic E-state index is -0.651. The molecule has 0 spiro atoms. The second kappa shape index (κ2) is 10.3. The van der Waals surface area contributed by atoms with Crippen LogP contribution < -0.4 is 15.2 Å². The highest BCUT2D eigenvalue weighted by Crippen LogP contribution is 2.30. The fourth-order valence-electron chi connectivity index (χ4n) is 3.72. The average Bonchev–Trinajstić information content (AvgIpc) is 3.49. The lowest BCUT2D eigenvalue weighted by Gasteiger charge is -2.25. The molecule has 1 aliphatic rings. The van der Waals surface area contributed by atoms with Gasteiger partial charge in [-0.15, -0.1) is 0 Å². The van der Waals surface area contributed by atoms with Crippen molar-refractivity contribution in [1.29, 1.82) is 0 Å². The molecule has 0 radical (unpaired) electrons. The van der Waals surface area contributed by atoms with E-state index >= 15 is 0 Å². The number of aromatic nitrogens is 3. The Morgan fingerprint density at radius 2 is 1.89 bits per heavy atom. The molecule has 0 atom stereocenters. The monoisotopic (exact) mass is 498 g/mol. The molecule has 0 unspecified atom stereocenters. The van der Waals surface area contributed by atoms with Crippen LogP contribution >= 0.6 is 11.6 Å². The van der Waals surface area contributed by atoms with E-state index in [0.717, 1.165) is 30.1 Å². The summed E-state index contributed by atoms with van der Waals surface area (Å²) in [7, 11) is 1.62. The van der Waals surface area contributed by atoms with E-state index in [1.54, 1.807) is 25.3 Å². The molecule has 0 saturated carbocycles. The Hall–Kier alpha value is -3.60. The topological polar surface area (TPSA) is 116 Å². The van der Waals surface area contributed by atoms with Gasteiger partial charge in [0, 0.05) is 30.8 Å².